The lowest BCUT2D eigenvalue weighted by Gasteiger charge is -2.21. The fraction of sp³-hybridized carbons (Fsp3) is 0.611. The van der Waals surface area contributed by atoms with Crippen LogP contribution in [0.1, 0.15) is 24.8 Å². The predicted octanol–water partition coefficient (Wildman–Crippen LogP) is 2.98. The largest absolute Gasteiger partial charge is 0.381 e. The quantitative estimate of drug-likeness (QED) is 0.419. The lowest BCUT2D eigenvalue weighted by atomic mass is 10.0. The summed E-state index contributed by atoms with van der Waals surface area (Å²) in [4.78, 5) is 4.17. The van der Waals surface area contributed by atoms with Crippen molar-refractivity contribution in [3.05, 3.63) is 34.6 Å². The van der Waals surface area contributed by atoms with Gasteiger partial charge in [0.25, 0.3) is 0 Å². The van der Waals surface area contributed by atoms with E-state index < -0.39 is 5.82 Å². The van der Waals surface area contributed by atoms with Gasteiger partial charge in [-0.05, 0) is 42.9 Å². The first kappa shape index (κ1) is 19.9. The van der Waals surface area contributed by atoms with Crippen molar-refractivity contribution < 1.29 is 13.9 Å². The van der Waals surface area contributed by atoms with Gasteiger partial charge in [-0.1, -0.05) is 17.7 Å². The van der Waals surface area contributed by atoms with Crippen molar-refractivity contribution in [2.45, 2.75) is 25.8 Å². The Hall–Kier alpha value is -1.37. The molecule has 25 heavy (non-hydrogen) atoms. The molecule has 1 fully saturated rings. The van der Waals surface area contributed by atoms with Gasteiger partial charge in [0.05, 0.1) is 5.02 Å². The molecule has 140 valence electrons. The minimum atomic E-state index is -0.409. The molecule has 1 saturated heterocycles. The van der Waals surface area contributed by atoms with Crippen molar-refractivity contribution in [3.8, 4) is 0 Å². The van der Waals surface area contributed by atoms with Crippen LogP contribution in [0.15, 0.2) is 23.2 Å². The van der Waals surface area contributed by atoms with E-state index in [0.717, 1.165) is 57.8 Å². The van der Waals surface area contributed by atoms with Crippen LogP contribution in [-0.4, -0.2) is 46.0 Å². The molecule has 0 atom stereocenters. The molecule has 2 rings (SSSR count). The third-order valence-electron chi connectivity index (χ3n) is 4.12. The first-order chi connectivity index (χ1) is 12.2. The first-order valence-corrected chi connectivity index (χ1v) is 9.10. The summed E-state index contributed by atoms with van der Waals surface area (Å²) in [5, 5.41) is 6.54. The van der Waals surface area contributed by atoms with Crippen LogP contribution >= 0.6 is 11.6 Å². The molecule has 0 aromatic heterocycles. The number of hydrogen-bond donors (Lipinski definition) is 2. The number of hydrogen-bond acceptors (Lipinski definition) is 3. The lowest BCUT2D eigenvalue weighted by Crippen LogP contribution is -2.37. The summed E-state index contributed by atoms with van der Waals surface area (Å²) in [5.74, 6) is 0.928. The molecule has 0 amide bonds. The Labute approximate surface area is 153 Å². The van der Waals surface area contributed by atoms with E-state index in [-0.39, 0.29) is 5.02 Å². The van der Waals surface area contributed by atoms with Gasteiger partial charge in [0.1, 0.15) is 5.82 Å². The summed E-state index contributed by atoms with van der Waals surface area (Å²) < 4.78 is 24.2. The van der Waals surface area contributed by atoms with E-state index in [9.17, 15) is 4.39 Å². The van der Waals surface area contributed by atoms with E-state index in [1.807, 2.05) is 0 Å². The van der Waals surface area contributed by atoms with Crippen molar-refractivity contribution in [2.24, 2.45) is 10.9 Å². The highest BCUT2D eigenvalue weighted by Gasteiger charge is 2.13. The fourth-order valence-corrected chi connectivity index (χ4v) is 2.80. The minimum Gasteiger partial charge on any atom is -0.381 e. The van der Waals surface area contributed by atoms with Gasteiger partial charge < -0.3 is 20.1 Å². The minimum absolute atomic E-state index is 0.129. The average molecular weight is 372 g/mol. The third kappa shape index (κ3) is 7.59. The lowest BCUT2D eigenvalue weighted by molar-refractivity contribution is 0.0203. The van der Waals surface area contributed by atoms with Gasteiger partial charge >= 0.3 is 0 Å². The van der Waals surface area contributed by atoms with Crippen LogP contribution in [0, 0.1) is 11.7 Å². The molecular formula is C18H27ClFN3O2. The van der Waals surface area contributed by atoms with E-state index in [1.165, 1.54) is 6.07 Å². The average Bonchev–Trinajstić information content (AvgIpc) is 2.64. The van der Waals surface area contributed by atoms with Gasteiger partial charge in [0.15, 0.2) is 5.96 Å². The first-order valence-electron chi connectivity index (χ1n) is 8.73. The molecule has 5 nitrogen and oxygen atoms in total. The normalized spacial score (nSPS) is 16.0. The van der Waals surface area contributed by atoms with Crippen LogP contribution in [0.4, 0.5) is 4.39 Å². The van der Waals surface area contributed by atoms with Crippen molar-refractivity contribution in [2.75, 3.05) is 40.0 Å². The Morgan fingerprint density at radius 3 is 2.88 bits per heavy atom. The van der Waals surface area contributed by atoms with E-state index >= 15 is 0 Å². The maximum Gasteiger partial charge on any atom is 0.191 e. The molecule has 1 aliphatic rings. The molecule has 0 radical (unpaired) electrons. The standard InChI is InChI=1S/C18H27ClFN3O2/c1-21-18(23-12-15-3-4-17(20)16(19)11-15)22-7-2-8-25-13-14-5-9-24-10-6-14/h3-4,11,14H,2,5-10,12-13H2,1H3,(H2,21,22,23). The van der Waals surface area contributed by atoms with Crippen LogP contribution < -0.4 is 10.6 Å². The van der Waals surface area contributed by atoms with E-state index in [4.69, 9.17) is 21.1 Å². The van der Waals surface area contributed by atoms with Crippen molar-refractivity contribution in [3.63, 3.8) is 0 Å². The highest BCUT2D eigenvalue weighted by molar-refractivity contribution is 6.30. The molecule has 2 N–H and O–H groups in total. The van der Waals surface area contributed by atoms with Crippen molar-refractivity contribution in [1.82, 2.24) is 10.6 Å². The van der Waals surface area contributed by atoms with Crippen LogP contribution in [-0.2, 0) is 16.0 Å². The Morgan fingerprint density at radius 2 is 2.16 bits per heavy atom. The number of nitrogens with one attached hydrogen (secondary N) is 2. The van der Waals surface area contributed by atoms with Crippen molar-refractivity contribution >= 4 is 17.6 Å². The third-order valence-corrected chi connectivity index (χ3v) is 4.41. The van der Waals surface area contributed by atoms with Crippen LogP contribution in [0.3, 0.4) is 0 Å². The Balaban J connectivity index is 1.56. The highest BCUT2D eigenvalue weighted by Crippen LogP contribution is 2.16. The Morgan fingerprint density at radius 1 is 1.36 bits per heavy atom. The molecule has 0 unspecified atom stereocenters. The van der Waals surface area contributed by atoms with E-state index in [1.54, 1.807) is 19.2 Å². The summed E-state index contributed by atoms with van der Waals surface area (Å²) in [6, 6.07) is 4.68. The molecule has 1 aromatic carbocycles. The molecule has 1 aliphatic heterocycles. The molecule has 0 spiro atoms. The number of nitrogens with zero attached hydrogens (tertiary/aromatic N) is 1. The molecular weight excluding hydrogens is 345 g/mol. The van der Waals surface area contributed by atoms with Crippen LogP contribution in [0.2, 0.25) is 5.02 Å². The second kappa shape index (κ2) is 11.3. The maximum absolute atomic E-state index is 13.1. The van der Waals surface area contributed by atoms with Gasteiger partial charge in [-0.3, -0.25) is 4.99 Å². The molecule has 0 saturated carbocycles. The molecule has 0 aliphatic carbocycles. The monoisotopic (exact) mass is 371 g/mol. The predicted molar refractivity (Wildman–Crippen MR) is 98.6 cm³/mol. The van der Waals surface area contributed by atoms with E-state index in [2.05, 4.69) is 15.6 Å². The van der Waals surface area contributed by atoms with E-state index in [0.29, 0.717) is 18.4 Å². The van der Waals surface area contributed by atoms with Crippen LogP contribution in [0.5, 0.6) is 0 Å². The summed E-state index contributed by atoms with van der Waals surface area (Å²) >= 11 is 5.78. The summed E-state index contributed by atoms with van der Waals surface area (Å²) in [5.41, 5.74) is 0.897. The second-order valence-electron chi connectivity index (χ2n) is 6.09. The number of halogens is 2. The second-order valence-corrected chi connectivity index (χ2v) is 6.49. The maximum atomic E-state index is 13.1. The fourth-order valence-electron chi connectivity index (χ4n) is 2.60. The zero-order chi connectivity index (χ0) is 17.9. The number of rotatable bonds is 8. The van der Waals surface area contributed by atoms with Gasteiger partial charge in [-0.2, -0.15) is 0 Å². The number of ether oxygens (including phenoxy) is 2. The molecule has 7 heteroatoms. The molecule has 0 bridgehead atoms. The number of aliphatic imine (C=N–C) groups is 1. The zero-order valence-corrected chi connectivity index (χ0v) is 15.4. The Bertz CT molecular complexity index is 551. The molecule has 1 aromatic rings. The van der Waals surface area contributed by atoms with Gasteiger partial charge in [0.2, 0.25) is 0 Å². The zero-order valence-electron chi connectivity index (χ0n) is 14.7. The van der Waals surface area contributed by atoms with Crippen LogP contribution in [0.25, 0.3) is 0 Å². The smallest absolute Gasteiger partial charge is 0.191 e. The summed E-state index contributed by atoms with van der Waals surface area (Å²) in [6.07, 6.45) is 3.11. The van der Waals surface area contributed by atoms with Gasteiger partial charge in [-0.25, -0.2) is 4.39 Å². The summed E-state index contributed by atoms with van der Waals surface area (Å²) in [6.45, 7) is 4.57. The number of benzene rings is 1. The Kier molecular flexibility index (Phi) is 9.00. The highest BCUT2D eigenvalue weighted by atomic mass is 35.5. The topological polar surface area (TPSA) is 54.9 Å². The van der Waals surface area contributed by atoms with Gasteiger partial charge in [-0.15, -0.1) is 0 Å². The molecule has 1 heterocycles. The van der Waals surface area contributed by atoms with Gasteiger partial charge in [0, 0.05) is 46.6 Å². The summed E-state index contributed by atoms with van der Waals surface area (Å²) in [7, 11) is 1.72. The van der Waals surface area contributed by atoms with Crippen molar-refractivity contribution in [1.29, 1.82) is 0 Å². The number of guanidine groups is 1. The SMILES string of the molecule is CN=C(NCCCOCC1CCOCC1)NCc1ccc(F)c(Cl)c1.